The molecule has 0 spiro atoms. The van der Waals surface area contributed by atoms with Gasteiger partial charge in [0.05, 0.1) is 36.7 Å². The normalized spacial score (nSPS) is 13.0. The number of benzene rings is 2. The minimum absolute atomic E-state index is 0.132. The van der Waals surface area contributed by atoms with Crippen LogP contribution in [0.5, 0.6) is 5.75 Å². The van der Waals surface area contributed by atoms with Crippen LogP contribution in [-0.2, 0) is 11.3 Å². The summed E-state index contributed by atoms with van der Waals surface area (Å²) in [5.41, 5.74) is 6.63. The highest BCUT2D eigenvalue weighted by Crippen LogP contribution is 2.32. The first kappa shape index (κ1) is 22.2. The van der Waals surface area contributed by atoms with E-state index in [1.54, 1.807) is 30.7 Å². The highest BCUT2D eigenvalue weighted by Gasteiger charge is 2.22. The third kappa shape index (κ3) is 5.75. The van der Waals surface area contributed by atoms with E-state index in [0.29, 0.717) is 35.4 Å². The second kappa shape index (κ2) is 10.5. The summed E-state index contributed by atoms with van der Waals surface area (Å²) >= 11 is 12.2. The first-order chi connectivity index (χ1) is 14.5. The van der Waals surface area contributed by atoms with Crippen molar-refractivity contribution in [2.45, 2.75) is 32.1 Å². The van der Waals surface area contributed by atoms with Gasteiger partial charge in [-0.3, -0.25) is 4.79 Å². The second-order valence-corrected chi connectivity index (χ2v) is 7.61. The first-order valence-electron chi connectivity index (χ1n) is 9.51. The molecule has 2 aromatic carbocycles. The molecular weight excluding hydrogens is 425 g/mol. The number of nitrogens with two attached hydrogens (primary N) is 1. The Morgan fingerprint density at radius 1 is 1.17 bits per heavy atom. The molecule has 3 aromatic rings. The zero-order chi connectivity index (χ0) is 21.5. The minimum atomic E-state index is -0.577. The largest absolute Gasteiger partial charge is 0.492 e. The topological polar surface area (TPSA) is 79.4 Å². The Balaban J connectivity index is 1.69. The van der Waals surface area contributed by atoms with E-state index in [1.807, 2.05) is 41.8 Å². The standard InChI is InChI=1S/C22H23Cl2N3O3/c1-15(30-13-16-6-3-2-4-7-16)19(27-12-18(22(25)28)26-14-27)10-11-29-20-9-5-8-17(23)21(20)24/h2-9,12,14-15,19H,10-11,13H2,1H3,(H2,25,28)/t15-,19+/m0/s1. The van der Waals surface area contributed by atoms with Crippen LogP contribution in [0.1, 0.15) is 35.4 Å². The van der Waals surface area contributed by atoms with E-state index in [-0.39, 0.29) is 17.8 Å². The SMILES string of the molecule is C[C@H](OCc1ccccc1)[C@@H](CCOc1cccc(Cl)c1Cl)n1cnc(C(N)=O)c1. The van der Waals surface area contributed by atoms with E-state index >= 15 is 0 Å². The van der Waals surface area contributed by atoms with E-state index in [1.165, 1.54) is 0 Å². The summed E-state index contributed by atoms with van der Waals surface area (Å²) in [7, 11) is 0. The van der Waals surface area contributed by atoms with Crippen molar-refractivity contribution in [3.05, 3.63) is 82.4 Å². The van der Waals surface area contributed by atoms with Crippen molar-refractivity contribution in [3.63, 3.8) is 0 Å². The third-order valence-corrected chi connectivity index (χ3v) is 5.52. The average Bonchev–Trinajstić information content (AvgIpc) is 3.23. The number of ether oxygens (including phenoxy) is 2. The Morgan fingerprint density at radius 3 is 2.63 bits per heavy atom. The smallest absolute Gasteiger partial charge is 0.268 e. The number of aromatic nitrogens is 2. The Morgan fingerprint density at radius 2 is 1.93 bits per heavy atom. The van der Waals surface area contributed by atoms with Crippen molar-refractivity contribution in [3.8, 4) is 5.75 Å². The summed E-state index contributed by atoms with van der Waals surface area (Å²) in [5.74, 6) is -0.0588. The van der Waals surface area contributed by atoms with E-state index in [2.05, 4.69) is 4.98 Å². The maximum Gasteiger partial charge on any atom is 0.268 e. The summed E-state index contributed by atoms with van der Waals surface area (Å²) in [6.07, 6.45) is 3.62. The second-order valence-electron chi connectivity index (χ2n) is 6.83. The molecule has 0 fully saturated rings. The Kier molecular flexibility index (Phi) is 7.74. The lowest BCUT2D eigenvalue weighted by Gasteiger charge is -2.26. The quantitative estimate of drug-likeness (QED) is 0.478. The number of hydrogen-bond acceptors (Lipinski definition) is 4. The monoisotopic (exact) mass is 447 g/mol. The molecule has 0 unspecified atom stereocenters. The summed E-state index contributed by atoms with van der Waals surface area (Å²) in [4.78, 5) is 15.5. The molecule has 1 amide bonds. The highest BCUT2D eigenvalue weighted by molar-refractivity contribution is 6.42. The van der Waals surface area contributed by atoms with Gasteiger partial charge >= 0.3 is 0 Å². The van der Waals surface area contributed by atoms with Gasteiger partial charge in [0.2, 0.25) is 0 Å². The molecule has 30 heavy (non-hydrogen) atoms. The van der Waals surface area contributed by atoms with Crippen molar-refractivity contribution in [1.82, 2.24) is 9.55 Å². The Bertz CT molecular complexity index is 979. The molecule has 158 valence electrons. The van der Waals surface area contributed by atoms with Gasteiger partial charge in [0, 0.05) is 12.6 Å². The molecule has 2 N–H and O–H groups in total. The molecule has 0 aliphatic heterocycles. The number of amides is 1. The minimum Gasteiger partial charge on any atom is -0.492 e. The molecule has 0 aliphatic carbocycles. The summed E-state index contributed by atoms with van der Waals surface area (Å²) in [5, 5.41) is 0.814. The Hall–Kier alpha value is -2.54. The van der Waals surface area contributed by atoms with Crippen LogP contribution in [0.15, 0.2) is 61.1 Å². The molecule has 2 atom stereocenters. The van der Waals surface area contributed by atoms with Crippen LogP contribution in [0.3, 0.4) is 0 Å². The van der Waals surface area contributed by atoms with Crippen LogP contribution >= 0.6 is 23.2 Å². The number of carbonyl (C=O) groups is 1. The molecule has 1 aromatic heterocycles. The van der Waals surface area contributed by atoms with E-state index < -0.39 is 5.91 Å². The van der Waals surface area contributed by atoms with Crippen molar-refractivity contribution < 1.29 is 14.3 Å². The number of nitrogens with zero attached hydrogens (tertiary/aromatic N) is 2. The Labute approximate surface area is 185 Å². The van der Waals surface area contributed by atoms with Crippen molar-refractivity contribution in [1.29, 1.82) is 0 Å². The predicted molar refractivity (Wildman–Crippen MR) is 117 cm³/mol. The fourth-order valence-corrected chi connectivity index (χ4v) is 3.42. The number of halogens is 2. The number of rotatable bonds is 10. The maximum atomic E-state index is 11.4. The molecule has 0 aliphatic rings. The first-order valence-corrected chi connectivity index (χ1v) is 10.3. The number of imidazole rings is 1. The molecule has 0 saturated heterocycles. The van der Waals surface area contributed by atoms with E-state index in [4.69, 9.17) is 38.4 Å². The van der Waals surface area contributed by atoms with Gasteiger partial charge in [0.1, 0.15) is 16.5 Å². The average molecular weight is 448 g/mol. The van der Waals surface area contributed by atoms with Crippen LogP contribution in [0.2, 0.25) is 10.0 Å². The molecule has 0 bridgehead atoms. The molecule has 0 saturated carbocycles. The van der Waals surface area contributed by atoms with Crippen molar-refractivity contribution in [2.24, 2.45) is 5.73 Å². The van der Waals surface area contributed by atoms with Crippen LogP contribution in [0, 0.1) is 0 Å². The number of hydrogen-bond donors (Lipinski definition) is 1. The van der Waals surface area contributed by atoms with Crippen molar-refractivity contribution in [2.75, 3.05) is 6.61 Å². The van der Waals surface area contributed by atoms with Gasteiger partial charge in [-0.1, -0.05) is 59.6 Å². The maximum absolute atomic E-state index is 11.4. The molecular formula is C22H23Cl2N3O3. The lowest BCUT2D eigenvalue weighted by molar-refractivity contribution is 0.0113. The van der Waals surface area contributed by atoms with Gasteiger partial charge in [-0.25, -0.2) is 4.98 Å². The van der Waals surface area contributed by atoms with Crippen LogP contribution in [-0.4, -0.2) is 28.2 Å². The lowest BCUT2D eigenvalue weighted by Crippen LogP contribution is -2.26. The number of carbonyl (C=O) groups excluding carboxylic acids is 1. The van der Waals surface area contributed by atoms with Crippen LogP contribution in [0.25, 0.3) is 0 Å². The van der Waals surface area contributed by atoms with Gasteiger partial charge in [-0.2, -0.15) is 0 Å². The third-order valence-electron chi connectivity index (χ3n) is 4.72. The van der Waals surface area contributed by atoms with Gasteiger partial charge in [-0.15, -0.1) is 0 Å². The molecule has 1 heterocycles. The van der Waals surface area contributed by atoms with Gasteiger partial charge < -0.3 is 19.8 Å². The molecule has 3 rings (SSSR count). The van der Waals surface area contributed by atoms with Gasteiger partial charge in [-0.05, 0) is 24.6 Å². The van der Waals surface area contributed by atoms with Crippen LogP contribution in [0.4, 0.5) is 0 Å². The fraction of sp³-hybridized carbons (Fsp3) is 0.273. The van der Waals surface area contributed by atoms with Crippen molar-refractivity contribution >= 4 is 29.1 Å². The molecule has 8 heteroatoms. The molecule has 0 radical (unpaired) electrons. The zero-order valence-corrected chi connectivity index (χ0v) is 18.0. The number of primary amides is 1. The van der Waals surface area contributed by atoms with Crippen LogP contribution < -0.4 is 10.5 Å². The van der Waals surface area contributed by atoms with E-state index in [9.17, 15) is 4.79 Å². The summed E-state index contributed by atoms with van der Waals surface area (Å²) in [6, 6.07) is 15.0. The van der Waals surface area contributed by atoms with Gasteiger partial charge in [0.15, 0.2) is 0 Å². The summed E-state index contributed by atoms with van der Waals surface area (Å²) < 4.78 is 13.8. The highest BCUT2D eigenvalue weighted by atomic mass is 35.5. The fourth-order valence-electron chi connectivity index (χ4n) is 3.07. The summed E-state index contributed by atoms with van der Waals surface area (Å²) in [6.45, 7) is 2.81. The predicted octanol–water partition coefficient (Wildman–Crippen LogP) is 4.90. The lowest BCUT2D eigenvalue weighted by atomic mass is 10.1. The van der Waals surface area contributed by atoms with Gasteiger partial charge in [0.25, 0.3) is 5.91 Å². The van der Waals surface area contributed by atoms with E-state index in [0.717, 1.165) is 5.56 Å². The molecule has 6 nitrogen and oxygen atoms in total. The zero-order valence-electron chi connectivity index (χ0n) is 16.5.